The van der Waals surface area contributed by atoms with Crippen molar-refractivity contribution in [2.75, 3.05) is 5.32 Å². The van der Waals surface area contributed by atoms with Crippen LogP contribution in [0.1, 0.15) is 5.56 Å². The van der Waals surface area contributed by atoms with Crippen LogP contribution in [-0.4, -0.2) is 10.9 Å². The van der Waals surface area contributed by atoms with E-state index in [1.807, 2.05) is 23.6 Å². The van der Waals surface area contributed by atoms with Gasteiger partial charge in [0.25, 0.3) is 0 Å². The second kappa shape index (κ2) is 6.89. The maximum atomic E-state index is 13.0. The Labute approximate surface area is 141 Å². The van der Waals surface area contributed by atoms with E-state index in [-0.39, 0.29) is 17.4 Å². The zero-order chi connectivity index (χ0) is 16.2. The van der Waals surface area contributed by atoms with E-state index in [1.54, 1.807) is 12.4 Å². The lowest BCUT2D eigenvalue weighted by molar-refractivity contribution is -0.115. The van der Waals surface area contributed by atoms with Gasteiger partial charge in [0.1, 0.15) is 5.82 Å². The Kier molecular flexibility index (Phi) is 4.69. The molecule has 0 bridgehead atoms. The molecule has 0 saturated heterocycles. The minimum atomic E-state index is -0.418. The number of carbonyl (C=O) groups excluding carboxylic acids is 1. The van der Waals surface area contributed by atoms with Gasteiger partial charge in [0.15, 0.2) is 0 Å². The Morgan fingerprint density at radius 3 is 2.91 bits per heavy atom. The van der Waals surface area contributed by atoms with Gasteiger partial charge in [-0.2, -0.15) is 0 Å². The minimum absolute atomic E-state index is 0.0944. The molecule has 1 aromatic carbocycles. The van der Waals surface area contributed by atoms with Crippen LogP contribution in [0.4, 0.5) is 10.1 Å². The summed E-state index contributed by atoms with van der Waals surface area (Å²) in [6, 6.07) is 9.74. The fourth-order valence-electron chi connectivity index (χ4n) is 2.10. The molecule has 0 aliphatic rings. The number of hydrogen-bond acceptors (Lipinski definition) is 3. The van der Waals surface area contributed by atoms with Crippen molar-refractivity contribution in [1.29, 1.82) is 0 Å². The topological polar surface area (TPSA) is 42.0 Å². The number of thiophene rings is 1. The van der Waals surface area contributed by atoms with Crippen molar-refractivity contribution in [2.45, 2.75) is 6.42 Å². The first-order valence-corrected chi connectivity index (χ1v) is 8.10. The summed E-state index contributed by atoms with van der Waals surface area (Å²) in [6.07, 6.45) is 3.58. The van der Waals surface area contributed by atoms with Crippen LogP contribution in [0, 0.1) is 5.82 Å². The summed E-state index contributed by atoms with van der Waals surface area (Å²) in [5.41, 5.74) is 2.31. The Morgan fingerprint density at radius 1 is 1.30 bits per heavy atom. The van der Waals surface area contributed by atoms with Gasteiger partial charge in [-0.05, 0) is 29.8 Å². The lowest BCUT2D eigenvalue weighted by Crippen LogP contribution is -2.14. The Balaban J connectivity index is 1.68. The van der Waals surface area contributed by atoms with Crippen molar-refractivity contribution < 1.29 is 9.18 Å². The summed E-state index contributed by atoms with van der Waals surface area (Å²) < 4.78 is 13.0. The zero-order valence-corrected chi connectivity index (χ0v) is 13.5. The monoisotopic (exact) mass is 346 g/mol. The third-order valence-corrected chi connectivity index (χ3v) is 4.53. The number of hydrogen-bond donors (Lipinski definition) is 1. The minimum Gasteiger partial charge on any atom is -0.325 e. The van der Waals surface area contributed by atoms with Crippen molar-refractivity contribution in [3.8, 4) is 10.4 Å². The van der Waals surface area contributed by atoms with Gasteiger partial charge in [-0.1, -0.05) is 23.7 Å². The summed E-state index contributed by atoms with van der Waals surface area (Å²) >= 11 is 7.46. The van der Waals surface area contributed by atoms with E-state index in [1.165, 1.54) is 29.5 Å². The van der Waals surface area contributed by atoms with E-state index in [9.17, 15) is 9.18 Å². The summed E-state index contributed by atoms with van der Waals surface area (Å²) in [4.78, 5) is 17.2. The van der Waals surface area contributed by atoms with Crippen molar-refractivity contribution in [2.24, 2.45) is 0 Å². The number of halogens is 2. The molecule has 3 aromatic rings. The van der Waals surface area contributed by atoms with Gasteiger partial charge in [0, 0.05) is 33.2 Å². The maximum absolute atomic E-state index is 13.0. The van der Waals surface area contributed by atoms with Crippen LogP contribution in [0.25, 0.3) is 10.4 Å². The van der Waals surface area contributed by atoms with Gasteiger partial charge >= 0.3 is 0 Å². The SMILES string of the molecule is O=C(Cc1ccc(F)cc1Cl)Nc1csc(-c2cccnc2)c1. The molecule has 2 aromatic heterocycles. The average molecular weight is 347 g/mol. The molecule has 23 heavy (non-hydrogen) atoms. The second-order valence-electron chi connectivity index (χ2n) is 4.90. The molecule has 0 aliphatic heterocycles. The molecule has 6 heteroatoms. The van der Waals surface area contributed by atoms with Gasteiger partial charge in [-0.3, -0.25) is 9.78 Å². The number of nitrogens with zero attached hydrogens (tertiary/aromatic N) is 1. The zero-order valence-electron chi connectivity index (χ0n) is 11.9. The second-order valence-corrected chi connectivity index (χ2v) is 6.22. The van der Waals surface area contributed by atoms with E-state index in [2.05, 4.69) is 10.3 Å². The molecule has 1 N–H and O–H groups in total. The first-order chi connectivity index (χ1) is 11.1. The molecular weight excluding hydrogens is 335 g/mol. The van der Waals surface area contributed by atoms with E-state index in [0.717, 1.165) is 16.1 Å². The van der Waals surface area contributed by atoms with Crippen LogP contribution in [0.3, 0.4) is 0 Å². The largest absolute Gasteiger partial charge is 0.325 e. The lowest BCUT2D eigenvalue weighted by Gasteiger charge is -2.05. The van der Waals surface area contributed by atoms with Gasteiger partial charge < -0.3 is 5.32 Å². The first-order valence-electron chi connectivity index (χ1n) is 6.84. The molecule has 0 unspecified atom stereocenters. The summed E-state index contributed by atoms with van der Waals surface area (Å²) in [5, 5.41) is 4.94. The van der Waals surface area contributed by atoms with E-state index in [0.29, 0.717) is 5.56 Å². The molecule has 0 radical (unpaired) electrons. The van der Waals surface area contributed by atoms with Crippen LogP contribution < -0.4 is 5.32 Å². The predicted octanol–water partition coefficient (Wildman–Crippen LogP) is 4.78. The lowest BCUT2D eigenvalue weighted by atomic mass is 10.1. The van der Waals surface area contributed by atoms with Crippen molar-refractivity contribution in [3.05, 3.63) is 70.6 Å². The summed E-state index contributed by atoms with van der Waals surface area (Å²) in [5.74, 6) is -0.618. The first kappa shape index (κ1) is 15.6. The number of rotatable bonds is 4. The van der Waals surface area contributed by atoms with Gasteiger partial charge in [0.05, 0.1) is 12.1 Å². The standard InChI is InChI=1S/C17H12ClFN2OS/c18-15-7-13(19)4-3-11(15)6-17(22)21-14-8-16(23-10-14)12-2-1-5-20-9-12/h1-5,7-10H,6H2,(H,21,22). The molecule has 0 atom stereocenters. The molecular formula is C17H12ClFN2OS. The van der Waals surface area contributed by atoms with Crippen LogP contribution in [0.15, 0.2) is 54.2 Å². The van der Waals surface area contributed by atoms with Crippen molar-refractivity contribution >= 4 is 34.5 Å². The van der Waals surface area contributed by atoms with Gasteiger partial charge in [-0.25, -0.2) is 4.39 Å². The fourth-order valence-corrected chi connectivity index (χ4v) is 3.17. The van der Waals surface area contributed by atoms with Crippen molar-refractivity contribution in [1.82, 2.24) is 4.98 Å². The number of benzene rings is 1. The third-order valence-electron chi connectivity index (χ3n) is 3.20. The highest BCUT2D eigenvalue weighted by molar-refractivity contribution is 7.14. The number of aromatic nitrogens is 1. The van der Waals surface area contributed by atoms with E-state index in [4.69, 9.17) is 11.6 Å². The number of pyridine rings is 1. The molecule has 0 saturated carbocycles. The summed E-state index contributed by atoms with van der Waals surface area (Å²) in [6.45, 7) is 0. The smallest absolute Gasteiger partial charge is 0.228 e. The third kappa shape index (κ3) is 3.94. The predicted molar refractivity (Wildman–Crippen MR) is 91.3 cm³/mol. The van der Waals surface area contributed by atoms with E-state index < -0.39 is 5.82 Å². The Hall–Kier alpha value is -2.24. The van der Waals surface area contributed by atoms with Crippen LogP contribution in [0.5, 0.6) is 0 Å². The molecule has 1 amide bonds. The molecule has 2 heterocycles. The number of nitrogens with one attached hydrogen (secondary N) is 1. The van der Waals surface area contributed by atoms with Crippen LogP contribution in [-0.2, 0) is 11.2 Å². The van der Waals surface area contributed by atoms with Crippen LogP contribution >= 0.6 is 22.9 Å². The highest BCUT2D eigenvalue weighted by Crippen LogP contribution is 2.29. The van der Waals surface area contributed by atoms with Gasteiger partial charge in [-0.15, -0.1) is 11.3 Å². The average Bonchev–Trinajstić information content (AvgIpc) is 2.99. The number of amides is 1. The molecule has 0 aliphatic carbocycles. The highest BCUT2D eigenvalue weighted by Gasteiger charge is 2.10. The molecule has 0 spiro atoms. The Morgan fingerprint density at radius 2 is 2.17 bits per heavy atom. The summed E-state index contributed by atoms with van der Waals surface area (Å²) in [7, 11) is 0. The molecule has 0 fully saturated rings. The Bertz CT molecular complexity index is 836. The van der Waals surface area contributed by atoms with Crippen molar-refractivity contribution in [3.63, 3.8) is 0 Å². The van der Waals surface area contributed by atoms with Gasteiger partial charge in [0.2, 0.25) is 5.91 Å². The molecule has 3 rings (SSSR count). The highest BCUT2D eigenvalue weighted by atomic mass is 35.5. The van der Waals surface area contributed by atoms with Crippen LogP contribution in [0.2, 0.25) is 5.02 Å². The fraction of sp³-hybridized carbons (Fsp3) is 0.0588. The normalized spacial score (nSPS) is 10.5. The van der Waals surface area contributed by atoms with E-state index >= 15 is 0 Å². The number of anilines is 1. The number of carbonyl (C=O) groups is 1. The quantitative estimate of drug-likeness (QED) is 0.738. The molecule has 116 valence electrons. The maximum Gasteiger partial charge on any atom is 0.228 e. The molecule has 3 nitrogen and oxygen atoms in total.